The summed E-state index contributed by atoms with van der Waals surface area (Å²) >= 11 is 1.22. The van der Waals surface area contributed by atoms with Crippen LogP contribution >= 0.6 is 11.3 Å². The van der Waals surface area contributed by atoms with Gasteiger partial charge in [0.15, 0.2) is 10.8 Å². The van der Waals surface area contributed by atoms with Gasteiger partial charge < -0.3 is 5.11 Å². The number of hydrogen-bond donors (Lipinski definition) is 1. The van der Waals surface area contributed by atoms with Crippen LogP contribution in [0, 0.1) is 10.1 Å². The Bertz CT molecular complexity index is 787. The van der Waals surface area contributed by atoms with Crippen molar-refractivity contribution in [2.45, 2.75) is 0 Å². The van der Waals surface area contributed by atoms with E-state index in [2.05, 4.69) is 15.0 Å². The van der Waals surface area contributed by atoms with E-state index in [0.717, 1.165) is 0 Å². The Kier molecular flexibility index (Phi) is 3.28. The van der Waals surface area contributed by atoms with Gasteiger partial charge in [0.2, 0.25) is 5.88 Å². The zero-order valence-corrected chi connectivity index (χ0v) is 11.3. The summed E-state index contributed by atoms with van der Waals surface area (Å²) in [7, 11) is 0. The largest absolute Gasteiger partial charge is 0.492 e. The first-order chi connectivity index (χ1) is 10.1. The van der Waals surface area contributed by atoms with E-state index in [0.29, 0.717) is 21.3 Å². The van der Waals surface area contributed by atoms with E-state index in [1.54, 1.807) is 30.6 Å². The van der Waals surface area contributed by atoms with Crippen LogP contribution < -0.4 is 0 Å². The van der Waals surface area contributed by atoms with Gasteiger partial charge in [-0.15, -0.1) is 11.3 Å². The lowest BCUT2D eigenvalue weighted by Gasteiger charge is -1.97. The first kappa shape index (κ1) is 13.1. The quantitative estimate of drug-likeness (QED) is 0.589. The second-order valence-corrected chi connectivity index (χ2v) is 5.05. The van der Waals surface area contributed by atoms with Gasteiger partial charge in [-0.3, -0.25) is 10.1 Å². The lowest BCUT2D eigenvalue weighted by Crippen LogP contribution is -1.86. The third-order valence-electron chi connectivity index (χ3n) is 2.71. The minimum atomic E-state index is -0.473. The van der Waals surface area contributed by atoms with Crippen LogP contribution in [-0.4, -0.2) is 25.0 Å². The van der Waals surface area contributed by atoms with Crippen molar-refractivity contribution in [3.05, 3.63) is 52.8 Å². The molecule has 0 aliphatic carbocycles. The van der Waals surface area contributed by atoms with E-state index < -0.39 is 4.92 Å². The number of aromatic nitrogens is 3. The number of nitro benzene ring substituents is 1. The van der Waals surface area contributed by atoms with Crippen LogP contribution in [0.3, 0.4) is 0 Å². The molecule has 0 saturated carbocycles. The van der Waals surface area contributed by atoms with E-state index in [-0.39, 0.29) is 11.6 Å². The van der Waals surface area contributed by atoms with Gasteiger partial charge in [0.1, 0.15) is 0 Å². The van der Waals surface area contributed by atoms with E-state index in [9.17, 15) is 15.2 Å². The fourth-order valence-corrected chi connectivity index (χ4v) is 2.65. The molecule has 0 aliphatic rings. The number of nitrogens with zero attached hydrogens (tertiary/aromatic N) is 4. The zero-order valence-electron chi connectivity index (χ0n) is 10.5. The predicted octanol–water partition coefficient (Wildman–Crippen LogP) is 2.88. The maximum atomic E-state index is 10.6. The topological polar surface area (TPSA) is 102 Å². The summed E-state index contributed by atoms with van der Waals surface area (Å²) in [5.41, 5.74) is 0.646. The van der Waals surface area contributed by atoms with Gasteiger partial charge in [-0.2, -0.15) is 4.98 Å². The van der Waals surface area contributed by atoms with Gasteiger partial charge in [0.05, 0.1) is 9.80 Å². The van der Waals surface area contributed by atoms with Crippen LogP contribution in [0.5, 0.6) is 5.88 Å². The fraction of sp³-hybridized carbons (Fsp3) is 0. The van der Waals surface area contributed by atoms with E-state index >= 15 is 0 Å². The van der Waals surface area contributed by atoms with Crippen molar-refractivity contribution in [3.8, 4) is 27.2 Å². The standard InChI is InChI=1S/C13H8N4O3S/c18-12-10(8-2-4-9(5-3-8)17(19)20)21-13(16-12)11-14-6-1-7-15-11/h1-7,18H. The fourth-order valence-electron chi connectivity index (χ4n) is 1.74. The van der Waals surface area contributed by atoms with Crippen molar-refractivity contribution >= 4 is 17.0 Å². The molecule has 1 aromatic carbocycles. The summed E-state index contributed by atoms with van der Waals surface area (Å²) in [5, 5.41) is 21.1. The molecule has 2 aromatic heterocycles. The average molecular weight is 300 g/mol. The van der Waals surface area contributed by atoms with Crippen LogP contribution in [0.15, 0.2) is 42.7 Å². The van der Waals surface area contributed by atoms with Crippen molar-refractivity contribution in [3.63, 3.8) is 0 Å². The summed E-state index contributed by atoms with van der Waals surface area (Å²) in [4.78, 5) is 22.9. The smallest absolute Gasteiger partial charge is 0.269 e. The van der Waals surface area contributed by atoms with Gasteiger partial charge in [0.25, 0.3) is 5.69 Å². The molecule has 0 bridgehead atoms. The summed E-state index contributed by atoms with van der Waals surface area (Å²) < 4.78 is 0. The number of hydrogen-bond acceptors (Lipinski definition) is 7. The molecule has 21 heavy (non-hydrogen) atoms. The molecule has 0 saturated heterocycles. The number of benzene rings is 1. The van der Waals surface area contributed by atoms with Crippen molar-refractivity contribution in [2.75, 3.05) is 0 Å². The molecule has 8 heteroatoms. The highest BCUT2D eigenvalue weighted by atomic mass is 32.1. The van der Waals surface area contributed by atoms with Crippen LogP contribution in [0.2, 0.25) is 0 Å². The van der Waals surface area contributed by atoms with Gasteiger partial charge >= 0.3 is 0 Å². The molecule has 7 nitrogen and oxygen atoms in total. The summed E-state index contributed by atoms with van der Waals surface area (Å²) in [6.45, 7) is 0. The highest BCUT2D eigenvalue weighted by Crippen LogP contribution is 2.38. The Hall–Kier alpha value is -2.87. The Morgan fingerprint density at radius 1 is 1.14 bits per heavy atom. The van der Waals surface area contributed by atoms with Crippen molar-refractivity contribution in [2.24, 2.45) is 0 Å². The van der Waals surface area contributed by atoms with Crippen molar-refractivity contribution in [1.82, 2.24) is 15.0 Å². The van der Waals surface area contributed by atoms with Gasteiger partial charge in [-0.1, -0.05) is 0 Å². The van der Waals surface area contributed by atoms with Crippen LogP contribution in [0.25, 0.3) is 21.3 Å². The first-order valence-electron chi connectivity index (χ1n) is 5.87. The lowest BCUT2D eigenvalue weighted by molar-refractivity contribution is -0.384. The van der Waals surface area contributed by atoms with Crippen molar-refractivity contribution in [1.29, 1.82) is 0 Å². The third-order valence-corrected chi connectivity index (χ3v) is 3.80. The maximum absolute atomic E-state index is 10.6. The highest BCUT2D eigenvalue weighted by molar-refractivity contribution is 7.18. The molecule has 3 aromatic rings. The number of nitro groups is 1. The van der Waals surface area contributed by atoms with Gasteiger partial charge in [-0.05, 0) is 23.8 Å². The summed E-state index contributed by atoms with van der Waals surface area (Å²) in [5.74, 6) is 0.280. The average Bonchev–Trinajstić information content (AvgIpc) is 2.90. The van der Waals surface area contributed by atoms with E-state index in [4.69, 9.17) is 0 Å². The molecule has 104 valence electrons. The molecular formula is C13H8N4O3S. The molecule has 0 atom stereocenters. The number of aromatic hydroxyl groups is 1. The molecule has 0 radical (unpaired) electrons. The Morgan fingerprint density at radius 2 is 1.81 bits per heavy atom. The minimum absolute atomic E-state index is 0.00521. The number of non-ortho nitro benzene ring substituents is 1. The molecule has 0 fully saturated rings. The summed E-state index contributed by atoms with van der Waals surface area (Å²) in [6, 6.07) is 7.59. The zero-order chi connectivity index (χ0) is 14.8. The second-order valence-electron chi connectivity index (χ2n) is 4.05. The van der Waals surface area contributed by atoms with Gasteiger partial charge in [-0.25, -0.2) is 9.97 Å². The third kappa shape index (κ3) is 2.56. The predicted molar refractivity (Wildman–Crippen MR) is 76.9 cm³/mol. The Morgan fingerprint density at radius 3 is 2.43 bits per heavy atom. The first-order valence-corrected chi connectivity index (χ1v) is 6.69. The van der Waals surface area contributed by atoms with Crippen LogP contribution in [-0.2, 0) is 0 Å². The SMILES string of the molecule is O=[N+]([O-])c1ccc(-c2sc(-c3ncccn3)nc2O)cc1. The maximum Gasteiger partial charge on any atom is 0.269 e. The molecule has 3 rings (SSSR count). The molecule has 1 N–H and O–H groups in total. The highest BCUT2D eigenvalue weighted by Gasteiger charge is 2.16. The van der Waals surface area contributed by atoms with E-state index in [1.165, 1.54) is 23.5 Å². The number of rotatable bonds is 3. The minimum Gasteiger partial charge on any atom is -0.492 e. The monoisotopic (exact) mass is 300 g/mol. The Balaban J connectivity index is 2.00. The van der Waals surface area contributed by atoms with E-state index in [1.807, 2.05) is 0 Å². The molecule has 0 aliphatic heterocycles. The summed E-state index contributed by atoms with van der Waals surface area (Å²) in [6.07, 6.45) is 3.18. The molecule has 0 spiro atoms. The van der Waals surface area contributed by atoms with Gasteiger partial charge in [0, 0.05) is 24.5 Å². The number of thiazole rings is 1. The van der Waals surface area contributed by atoms with Crippen LogP contribution in [0.1, 0.15) is 0 Å². The molecule has 0 amide bonds. The molecular weight excluding hydrogens is 292 g/mol. The Labute approximate surface area is 122 Å². The lowest BCUT2D eigenvalue weighted by atomic mass is 10.2. The normalized spacial score (nSPS) is 10.5. The second kappa shape index (κ2) is 5.25. The van der Waals surface area contributed by atoms with Crippen molar-refractivity contribution < 1.29 is 10.0 Å². The van der Waals surface area contributed by atoms with Crippen LogP contribution in [0.4, 0.5) is 5.69 Å². The molecule has 2 heterocycles. The molecule has 0 unspecified atom stereocenters.